The Morgan fingerprint density at radius 3 is 2.50 bits per heavy atom. The zero-order valence-corrected chi connectivity index (χ0v) is 10.2. The van der Waals surface area contributed by atoms with Crippen molar-refractivity contribution >= 4 is 0 Å². The van der Waals surface area contributed by atoms with Crippen molar-refractivity contribution in [3.63, 3.8) is 0 Å². The largest absolute Gasteiger partial charge is 0.383 e. The van der Waals surface area contributed by atoms with Crippen LogP contribution in [0.1, 0.15) is 27.2 Å². The highest BCUT2D eigenvalue weighted by molar-refractivity contribution is 4.61. The van der Waals surface area contributed by atoms with Crippen LogP contribution >= 0.6 is 0 Å². The third kappa shape index (κ3) is 7.30. The summed E-state index contributed by atoms with van der Waals surface area (Å²) in [5, 5.41) is 3.35. The summed E-state index contributed by atoms with van der Waals surface area (Å²) >= 11 is 0. The molecule has 14 heavy (non-hydrogen) atoms. The lowest BCUT2D eigenvalue weighted by molar-refractivity contribution is 0.197. The highest BCUT2D eigenvalue weighted by atomic mass is 16.5. The first kappa shape index (κ1) is 13.9. The third-order valence-electron chi connectivity index (χ3n) is 2.42. The molecule has 0 heterocycles. The van der Waals surface area contributed by atoms with E-state index in [1.807, 2.05) is 0 Å². The van der Waals surface area contributed by atoms with Gasteiger partial charge in [-0.1, -0.05) is 6.92 Å². The molecule has 0 amide bonds. The molecule has 3 nitrogen and oxygen atoms in total. The minimum Gasteiger partial charge on any atom is -0.383 e. The third-order valence-corrected chi connectivity index (χ3v) is 2.42. The summed E-state index contributed by atoms with van der Waals surface area (Å²) in [6.45, 7) is 11.9. The summed E-state index contributed by atoms with van der Waals surface area (Å²) in [5.41, 5.74) is 0. The Kier molecular flexibility index (Phi) is 9.35. The summed E-state index contributed by atoms with van der Waals surface area (Å²) in [6, 6.07) is 0.666. The predicted octanol–water partition coefficient (Wildman–Crippen LogP) is 1.34. The van der Waals surface area contributed by atoms with E-state index in [-0.39, 0.29) is 0 Å². The molecule has 0 aromatic carbocycles. The summed E-state index contributed by atoms with van der Waals surface area (Å²) < 4.78 is 4.96. The molecule has 0 aromatic heterocycles. The van der Waals surface area contributed by atoms with Gasteiger partial charge in [-0.2, -0.15) is 0 Å². The van der Waals surface area contributed by atoms with E-state index < -0.39 is 0 Å². The zero-order chi connectivity index (χ0) is 10.8. The second kappa shape index (κ2) is 9.44. The average Bonchev–Trinajstić information content (AvgIpc) is 2.16. The van der Waals surface area contributed by atoms with Crippen LogP contribution in [0.4, 0.5) is 0 Å². The quantitative estimate of drug-likeness (QED) is 0.571. The van der Waals surface area contributed by atoms with Gasteiger partial charge in [-0.05, 0) is 39.9 Å². The molecule has 0 unspecified atom stereocenters. The fourth-order valence-corrected chi connectivity index (χ4v) is 1.49. The standard InChI is InChI=1S/C11H26N2O/c1-5-13(11(2)3)9-6-7-12-8-10-14-4/h11-12H,5-10H2,1-4H3. The molecule has 0 bridgehead atoms. The average molecular weight is 202 g/mol. The van der Waals surface area contributed by atoms with E-state index in [4.69, 9.17) is 4.74 Å². The van der Waals surface area contributed by atoms with Crippen molar-refractivity contribution in [1.29, 1.82) is 0 Å². The second-order valence-electron chi connectivity index (χ2n) is 3.82. The van der Waals surface area contributed by atoms with Crippen molar-refractivity contribution in [3.05, 3.63) is 0 Å². The van der Waals surface area contributed by atoms with Crippen molar-refractivity contribution in [2.24, 2.45) is 0 Å². The van der Waals surface area contributed by atoms with E-state index >= 15 is 0 Å². The van der Waals surface area contributed by atoms with Crippen LogP contribution in [0.2, 0.25) is 0 Å². The van der Waals surface area contributed by atoms with Gasteiger partial charge in [0.2, 0.25) is 0 Å². The molecule has 0 aliphatic carbocycles. The van der Waals surface area contributed by atoms with Crippen LogP contribution in [0.15, 0.2) is 0 Å². The number of nitrogens with one attached hydrogen (secondary N) is 1. The normalized spacial score (nSPS) is 11.6. The van der Waals surface area contributed by atoms with Gasteiger partial charge in [0.25, 0.3) is 0 Å². The van der Waals surface area contributed by atoms with Crippen molar-refractivity contribution in [2.45, 2.75) is 33.2 Å². The molecule has 0 atom stereocenters. The number of ether oxygens (including phenoxy) is 1. The minimum absolute atomic E-state index is 0.666. The predicted molar refractivity (Wildman–Crippen MR) is 61.7 cm³/mol. The molecule has 0 spiro atoms. The Bertz CT molecular complexity index is 118. The molecular formula is C11H26N2O. The van der Waals surface area contributed by atoms with Crippen molar-refractivity contribution in [3.8, 4) is 0 Å². The van der Waals surface area contributed by atoms with Crippen LogP contribution < -0.4 is 5.32 Å². The van der Waals surface area contributed by atoms with Crippen LogP contribution in [0, 0.1) is 0 Å². The van der Waals surface area contributed by atoms with Crippen molar-refractivity contribution in [2.75, 3.05) is 39.9 Å². The summed E-state index contributed by atoms with van der Waals surface area (Å²) in [6.07, 6.45) is 1.22. The highest BCUT2D eigenvalue weighted by Crippen LogP contribution is 1.97. The van der Waals surface area contributed by atoms with Crippen LogP contribution in [-0.4, -0.2) is 50.8 Å². The van der Waals surface area contributed by atoms with Gasteiger partial charge in [-0.15, -0.1) is 0 Å². The minimum atomic E-state index is 0.666. The SMILES string of the molecule is CCN(CCCNCCOC)C(C)C. The summed E-state index contributed by atoms with van der Waals surface area (Å²) in [5.74, 6) is 0. The summed E-state index contributed by atoms with van der Waals surface area (Å²) in [7, 11) is 1.74. The summed E-state index contributed by atoms with van der Waals surface area (Å²) in [4.78, 5) is 2.48. The van der Waals surface area contributed by atoms with Crippen LogP contribution in [-0.2, 0) is 4.74 Å². The Hall–Kier alpha value is -0.120. The smallest absolute Gasteiger partial charge is 0.0587 e. The Morgan fingerprint density at radius 1 is 1.29 bits per heavy atom. The van der Waals surface area contributed by atoms with Gasteiger partial charge in [-0.25, -0.2) is 0 Å². The van der Waals surface area contributed by atoms with E-state index in [0.717, 1.165) is 26.2 Å². The number of methoxy groups -OCH3 is 1. The van der Waals surface area contributed by atoms with Gasteiger partial charge in [0, 0.05) is 19.7 Å². The first-order chi connectivity index (χ1) is 6.72. The van der Waals surface area contributed by atoms with Crippen molar-refractivity contribution in [1.82, 2.24) is 10.2 Å². The molecule has 0 aliphatic rings. The molecule has 86 valence electrons. The van der Waals surface area contributed by atoms with E-state index in [1.54, 1.807) is 7.11 Å². The first-order valence-electron chi connectivity index (χ1n) is 5.66. The lowest BCUT2D eigenvalue weighted by Crippen LogP contribution is -2.33. The van der Waals surface area contributed by atoms with E-state index in [1.165, 1.54) is 13.0 Å². The number of rotatable bonds is 9. The Labute approximate surface area is 88.8 Å². The fraction of sp³-hybridized carbons (Fsp3) is 1.00. The number of nitrogens with zero attached hydrogens (tertiary/aromatic N) is 1. The van der Waals surface area contributed by atoms with Crippen LogP contribution in [0.3, 0.4) is 0 Å². The maximum Gasteiger partial charge on any atom is 0.0587 e. The number of hydrogen-bond donors (Lipinski definition) is 1. The molecule has 0 aliphatic heterocycles. The van der Waals surface area contributed by atoms with E-state index in [9.17, 15) is 0 Å². The molecule has 0 radical (unpaired) electrons. The van der Waals surface area contributed by atoms with Gasteiger partial charge in [0.1, 0.15) is 0 Å². The molecule has 3 heteroatoms. The molecule has 0 rings (SSSR count). The Morgan fingerprint density at radius 2 is 2.00 bits per heavy atom. The van der Waals surface area contributed by atoms with Crippen LogP contribution in [0.5, 0.6) is 0 Å². The highest BCUT2D eigenvalue weighted by Gasteiger charge is 2.04. The topological polar surface area (TPSA) is 24.5 Å². The Balaban J connectivity index is 3.25. The zero-order valence-electron chi connectivity index (χ0n) is 10.2. The van der Waals surface area contributed by atoms with E-state index in [2.05, 4.69) is 31.0 Å². The van der Waals surface area contributed by atoms with E-state index in [0.29, 0.717) is 6.04 Å². The molecular weight excluding hydrogens is 176 g/mol. The molecule has 0 fully saturated rings. The maximum absolute atomic E-state index is 4.96. The second-order valence-corrected chi connectivity index (χ2v) is 3.82. The molecule has 1 N–H and O–H groups in total. The fourth-order valence-electron chi connectivity index (χ4n) is 1.49. The lowest BCUT2D eigenvalue weighted by Gasteiger charge is -2.24. The molecule has 0 saturated carbocycles. The van der Waals surface area contributed by atoms with Crippen molar-refractivity contribution < 1.29 is 4.74 Å². The number of hydrogen-bond acceptors (Lipinski definition) is 3. The van der Waals surface area contributed by atoms with Crippen LogP contribution in [0.25, 0.3) is 0 Å². The van der Waals surface area contributed by atoms with Gasteiger partial charge >= 0.3 is 0 Å². The first-order valence-corrected chi connectivity index (χ1v) is 5.66. The van der Waals surface area contributed by atoms with Gasteiger partial charge in [-0.3, -0.25) is 0 Å². The maximum atomic E-state index is 4.96. The van der Waals surface area contributed by atoms with Gasteiger partial charge in [0.05, 0.1) is 6.61 Å². The lowest BCUT2D eigenvalue weighted by atomic mass is 10.3. The molecule has 0 aromatic rings. The monoisotopic (exact) mass is 202 g/mol. The van der Waals surface area contributed by atoms with Gasteiger partial charge in [0.15, 0.2) is 0 Å². The van der Waals surface area contributed by atoms with Gasteiger partial charge < -0.3 is 15.0 Å². The molecule has 0 saturated heterocycles.